The van der Waals surface area contributed by atoms with Crippen LogP contribution in [0.5, 0.6) is 0 Å². The van der Waals surface area contributed by atoms with Gasteiger partial charge in [-0.1, -0.05) is 34.1 Å². The summed E-state index contributed by atoms with van der Waals surface area (Å²) >= 11 is 3.16. The number of halogens is 2. The van der Waals surface area contributed by atoms with Gasteiger partial charge >= 0.3 is 6.03 Å². The van der Waals surface area contributed by atoms with Crippen molar-refractivity contribution in [3.05, 3.63) is 58.8 Å². The molecule has 5 nitrogen and oxygen atoms in total. The van der Waals surface area contributed by atoms with E-state index >= 15 is 0 Å². The second-order valence-corrected chi connectivity index (χ2v) is 6.38. The summed E-state index contributed by atoms with van der Waals surface area (Å²) in [5.41, 5.74) is 0.881. The first kappa shape index (κ1) is 16.4. The van der Waals surface area contributed by atoms with E-state index in [9.17, 15) is 14.0 Å². The van der Waals surface area contributed by atoms with Gasteiger partial charge in [-0.2, -0.15) is 0 Å². The first-order valence-corrected chi connectivity index (χ1v) is 8.20. The average Bonchev–Trinajstić information content (AvgIpc) is 2.91. The lowest BCUT2D eigenvalue weighted by Gasteiger charge is -2.17. The molecular formula is C17H15BrFN3O2. The smallest absolute Gasteiger partial charge is 0.319 e. The largest absolute Gasteiger partial charge is 0.333 e. The van der Waals surface area contributed by atoms with Crippen LogP contribution in [0.4, 0.5) is 20.6 Å². The van der Waals surface area contributed by atoms with Crippen molar-refractivity contribution >= 4 is 39.2 Å². The first-order chi connectivity index (χ1) is 11.5. The van der Waals surface area contributed by atoms with Crippen LogP contribution in [-0.2, 0) is 4.79 Å². The molecular weight excluding hydrogens is 377 g/mol. The summed E-state index contributed by atoms with van der Waals surface area (Å²) in [7, 11) is 0. The molecule has 1 aliphatic rings. The molecule has 1 saturated heterocycles. The predicted octanol–water partition coefficient (Wildman–Crippen LogP) is 3.52. The maximum Gasteiger partial charge on any atom is 0.319 e. The quantitative estimate of drug-likeness (QED) is 0.840. The van der Waals surface area contributed by atoms with Gasteiger partial charge in [0, 0.05) is 23.1 Å². The number of nitrogens with zero attached hydrogens (tertiary/aromatic N) is 1. The molecule has 2 N–H and O–H groups in total. The summed E-state index contributed by atoms with van der Waals surface area (Å²) in [6.07, 6.45) is 0.213. The monoisotopic (exact) mass is 391 g/mol. The summed E-state index contributed by atoms with van der Waals surface area (Å²) in [5.74, 6) is -0.589. The number of hydrogen-bond acceptors (Lipinski definition) is 2. The molecule has 0 bridgehead atoms. The molecule has 1 heterocycles. The number of nitrogens with one attached hydrogen (secondary N) is 2. The molecule has 2 aromatic rings. The van der Waals surface area contributed by atoms with E-state index in [4.69, 9.17) is 0 Å². The van der Waals surface area contributed by atoms with Crippen molar-refractivity contribution in [2.24, 2.45) is 0 Å². The van der Waals surface area contributed by atoms with Crippen molar-refractivity contribution in [1.29, 1.82) is 0 Å². The van der Waals surface area contributed by atoms with E-state index in [1.54, 1.807) is 11.0 Å². The van der Waals surface area contributed by atoms with E-state index in [1.807, 2.05) is 30.3 Å². The van der Waals surface area contributed by atoms with Crippen LogP contribution in [0.15, 0.2) is 53.0 Å². The maximum absolute atomic E-state index is 13.7. The Hall–Kier alpha value is -2.41. The molecule has 7 heteroatoms. The Morgan fingerprint density at radius 3 is 2.67 bits per heavy atom. The lowest BCUT2D eigenvalue weighted by atomic mass is 10.2. The third-order valence-corrected chi connectivity index (χ3v) is 4.20. The van der Waals surface area contributed by atoms with Crippen molar-refractivity contribution in [2.45, 2.75) is 12.5 Å². The summed E-state index contributed by atoms with van der Waals surface area (Å²) < 4.78 is 14.3. The van der Waals surface area contributed by atoms with Crippen LogP contribution in [0.1, 0.15) is 6.42 Å². The molecule has 2 aromatic carbocycles. The van der Waals surface area contributed by atoms with Gasteiger partial charge in [0.1, 0.15) is 5.82 Å². The second kappa shape index (κ2) is 7.00. The molecule has 0 aliphatic carbocycles. The van der Waals surface area contributed by atoms with E-state index in [0.717, 1.165) is 5.69 Å². The maximum atomic E-state index is 13.7. The molecule has 0 unspecified atom stereocenters. The van der Waals surface area contributed by atoms with Crippen LogP contribution < -0.4 is 15.5 Å². The van der Waals surface area contributed by atoms with E-state index in [-0.39, 0.29) is 24.1 Å². The zero-order valence-electron chi connectivity index (χ0n) is 12.6. The van der Waals surface area contributed by atoms with Gasteiger partial charge in [0.05, 0.1) is 11.7 Å². The van der Waals surface area contributed by atoms with E-state index < -0.39 is 11.8 Å². The van der Waals surface area contributed by atoms with Crippen molar-refractivity contribution in [3.63, 3.8) is 0 Å². The summed E-state index contributed by atoms with van der Waals surface area (Å²) in [6.45, 7) is 0.388. The van der Waals surface area contributed by atoms with Crippen LogP contribution in [0.25, 0.3) is 0 Å². The standard InChI is InChI=1S/C17H15BrFN3O2/c18-11-6-7-15(14(19)8-11)21-17(24)20-12-9-16(23)22(10-12)13-4-2-1-3-5-13/h1-8,12H,9-10H2,(H2,20,21,24)/t12-/m0/s1. The lowest BCUT2D eigenvalue weighted by Crippen LogP contribution is -2.39. The highest BCUT2D eigenvalue weighted by Gasteiger charge is 2.31. The molecule has 24 heavy (non-hydrogen) atoms. The summed E-state index contributed by atoms with van der Waals surface area (Å²) in [4.78, 5) is 25.8. The van der Waals surface area contributed by atoms with Gasteiger partial charge in [0.15, 0.2) is 0 Å². The number of carbonyl (C=O) groups is 2. The van der Waals surface area contributed by atoms with Crippen LogP contribution in [0.2, 0.25) is 0 Å². The number of hydrogen-bond donors (Lipinski definition) is 2. The molecule has 0 saturated carbocycles. The van der Waals surface area contributed by atoms with Crippen LogP contribution in [-0.4, -0.2) is 24.5 Å². The number of carbonyl (C=O) groups excluding carboxylic acids is 2. The van der Waals surface area contributed by atoms with E-state index in [0.29, 0.717) is 11.0 Å². The third-order valence-electron chi connectivity index (χ3n) is 3.71. The molecule has 0 spiro atoms. The van der Waals surface area contributed by atoms with E-state index in [2.05, 4.69) is 26.6 Å². The zero-order valence-corrected chi connectivity index (χ0v) is 14.2. The number of benzene rings is 2. The Labute approximate surface area is 147 Å². The second-order valence-electron chi connectivity index (χ2n) is 5.46. The normalized spacial score (nSPS) is 17.0. The van der Waals surface area contributed by atoms with Gasteiger partial charge in [-0.3, -0.25) is 4.79 Å². The highest BCUT2D eigenvalue weighted by atomic mass is 79.9. The Morgan fingerprint density at radius 2 is 1.96 bits per heavy atom. The fourth-order valence-electron chi connectivity index (χ4n) is 2.60. The van der Waals surface area contributed by atoms with Gasteiger partial charge in [0.2, 0.25) is 5.91 Å². The van der Waals surface area contributed by atoms with Crippen molar-refractivity contribution in [2.75, 3.05) is 16.8 Å². The van der Waals surface area contributed by atoms with Gasteiger partial charge in [-0.05, 0) is 30.3 Å². The summed E-state index contributed by atoms with van der Waals surface area (Å²) in [5, 5.41) is 5.17. The van der Waals surface area contributed by atoms with Crippen LogP contribution >= 0.6 is 15.9 Å². The Kier molecular flexibility index (Phi) is 4.80. The Morgan fingerprint density at radius 1 is 1.21 bits per heavy atom. The van der Waals surface area contributed by atoms with Crippen molar-refractivity contribution < 1.29 is 14.0 Å². The minimum Gasteiger partial charge on any atom is -0.333 e. The highest BCUT2D eigenvalue weighted by Crippen LogP contribution is 2.22. The average molecular weight is 392 g/mol. The molecule has 3 amide bonds. The first-order valence-electron chi connectivity index (χ1n) is 7.41. The number of anilines is 2. The Balaban J connectivity index is 1.60. The fraction of sp³-hybridized carbons (Fsp3) is 0.176. The number of amides is 3. The topological polar surface area (TPSA) is 61.4 Å². The van der Waals surface area contributed by atoms with Crippen LogP contribution in [0, 0.1) is 5.82 Å². The van der Waals surface area contributed by atoms with Gasteiger partial charge in [-0.15, -0.1) is 0 Å². The predicted molar refractivity (Wildman–Crippen MR) is 93.5 cm³/mol. The zero-order chi connectivity index (χ0) is 17.1. The minimum atomic E-state index is -0.538. The molecule has 1 aliphatic heterocycles. The lowest BCUT2D eigenvalue weighted by molar-refractivity contribution is -0.117. The molecule has 1 atom stereocenters. The highest BCUT2D eigenvalue weighted by molar-refractivity contribution is 9.10. The van der Waals surface area contributed by atoms with Gasteiger partial charge in [-0.25, -0.2) is 9.18 Å². The molecule has 0 aromatic heterocycles. The molecule has 0 radical (unpaired) electrons. The van der Waals surface area contributed by atoms with Crippen molar-refractivity contribution in [3.8, 4) is 0 Å². The SMILES string of the molecule is O=C(Nc1ccc(Br)cc1F)N[C@H]1CC(=O)N(c2ccccc2)C1. The Bertz CT molecular complexity index is 770. The van der Waals surface area contributed by atoms with Gasteiger partial charge < -0.3 is 15.5 Å². The third kappa shape index (κ3) is 3.73. The molecule has 3 rings (SSSR count). The number of para-hydroxylation sites is 1. The minimum absolute atomic E-state index is 0.0543. The molecule has 1 fully saturated rings. The summed E-state index contributed by atoms with van der Waals surface area (Å²) in [6, 6.07) is 12.8. The van der Waals surface area contributed by atoms with Gasteiger partial charge in [0.25, 0.3) is 0 Å². The fourth-order valence-corrected chi connectivity index (χ4v) is 2.93. The number of rotatable bonds is 3. The van der Waals surface area contributed by atoms with Crippen molar-refractivity contribution in [1.82, 2.24) is 5.32 Å². The van der Waals surface area contributed by atoms with Crippen LogP contribution in [0.3, 0.4) is 0 Å². The number of urea groups is 1. The van der Waals surface area contributed by atoms with E-state index in [1.165, 1.54) is 12.1 Å². The molecule has 124 valence electrons.